The lowest BCUT2D eigenvalue weighted by Gasteiger charge is -2.05. The van der Waals surface area contributed by atoms with Gasteiger partial charge in [0.2, 0.25) is 0 Å². The van der Waals surface area contributed by atoms with Crippen LogP contribution in [0.4, 0.5) is 0 Å². The van der Waals surface area contributed by atoms with E-state index in [2.05, 4.69) is 5.32 Å². The first kappa shape index (κ1) is 13.8. The highest BCUT2D eigenvalue weighted by atomic mass is 32.1. The van der Waals surface area contributed by atoms with E-state index in [0.717, 1.165) is 9.75 Å². The SMILES string of the molecule is O=C(COC(=O)Cc1cccs1)NCc1cccs1. The predicted molar refractivity (Wildman–Crippen MR) is 75.1 cm³/mol. The van der Waals surface area contributed by atoms with Crippen molar-refractivity contribution in [2.75, 3.05) is 6.61 Å². The molecule has 100 valence electrons. The van der Waals surface area contributed by atoms with Gasteiger partial charge in [0.1, 0.15) is 0 Å². The fourth-order valence-corrected chi connectivity index (χ4v) is 2.74. The first-order valence-electron chi connectivity index (χ1n) is 5.71. The van der Waals surface area contributed by atoms with Gasteiger partial charge in [-0.15, -0.1) is 22.7 Å². The smallest absolute Gasteiger partial charge is 0.311 e. The topological polar surface area (TPSA) is 55.4 Å². The third kappa shape index (κ3) is 4.84. The molecule has 0 aliphatic heterocycles. The molecule has 0 spiro atoms. The van der Waals surface area contributed by atoms with Crippen LogP contribution in [-0.2, 0) is 27.3 Å². The van der Waals surface area contributed by atoms with Gasteiger partial charge < -0.3 is 10.1 Å². The van der Waals surface area contributed by atoms with Gasteiger partial charge in [0.15, 0.2) is 6.61 Å². The lowest BCUT2D eigenvalue weighted by Crippen LogP contribution is -2.28. The Labute approximate surface area is 119 Å². The summed E-state index contributed by atoms with van der Waals surface area (Å²) in [6, 6.07) is 7.60. The largest absolute Gasteiger partial charge is 0.455 e. The van der Waals surface area contributed by atoms with Crippen LogP contribution in [0.3, 0.4) is 0 Å². The second-order valence-electron chi connectivity index (χ2n) is 3.77. The van der Waals surface area contributed by atoms with Crippen LogP contribution in [0.25, 0.3) is 0 Å². The summed E-state index contributed by atoms with van der Waals surface area (Å²) in [4.78, 5) is 24.9. The Morgan fingerprint density at radius 3 is 2.42 bits per heavy atom. The van der Waals surface area contributed by atoms with Crippen molar-refractivity contribution in [1.82, 2.24) is 5.32 Å². The zero-order valence-corrected chi connectivity index (χ0v) is 11.8. The molecule has 0 saturated heterocycles. The van der Waals surface area contributed by atoms with Crippen LogP contribution >= 0.6 is 22.7 Å². The maximum absolute atomic E-state index is 11.5. The molecule has 0 aromatic carbocycles. The number of carbonyl (C=O) groups is 2. The number of hydrogen-bond acceptors (Lipinski definition) is 5. The molecule has 1 amide bonds. The van der Waals surface area contributed by atoms with E-state index in [1.165, 1.54) is 11.3 Å². The average molecular weight is 295 g/mol. The minimum Gasteiger partial charge on any atom is -0.455 e. The Hall–Kier alpha value is -1.66. The van der Waals surface area contributed by atoms with Crippen LogP contribution in [0.2, 0.25) is 0 Å². The third-order valence-electron chi connectivity index (χ3n) is 2.30. The highest BCUT2D eigenvalue weighted by molar-refractivity contribution is 7.10. The minimum atomic E-state index is -0.381. The molecule has 0 fully saturated rings. The monoisotopic (exact) mass is 295 g/mol. The number of nitrogens with one attached hydrogen (secondary N) is 1. The molecular weight excluding hydrogens is 282 g/mol. The minimum absolute atomic E-state index is 0.218. The normalized spacial score (nSPS) is 10.1. The van der Waals surface area contributed by atoms with E-state index in [4.69, 9.17) is 4.74 Å². The van der Waals surface area contributed by atoms with Crippen molar-refractivity contribution in [3.05, 3.63) is 44.8 Å². The molecule has 2 aromatic rings. The highest BCUT2D eigenvalue weighted by Gasteiger charge is 2.09. The van der Waals surface area contributed by atoms with Gasteiger partial charge in [-0.2, -0.15) is 0 Å². The van der Waals surface area contributed by atoms with Crippen molar-refractivity contribution in [2.24, 2.45) is 0 Å². The molecule has 0 atom stereocenters. The first-order valence-corrected chi connectivity index (χ1v) is 7.47. The van der Waals surface area contributed by atoms with Crippen LogP contribution in [0.1, 0.15) is 9.75 Å². The standard InChI is InChI=1S/C13H13NO3S2/c15-12(14-8-11-4-2-6-19-11)9-17-13(16)7-10-3-1-5-18-10/h1-6H,7-9H2,(H,14,15). The van der Waals surface area contributed by atoms with E-state index in [0.29, 0.717) is 6.54 Å². The van der Waals surface area contributed by atoms with E-state index in [-0.39, 0.29) is 24.9 Å². The summed E-state index contributed by atoms with van der Waals surface area (Å²) in [6.45, 7) is 0.245. The van der Waals surface area contributed by atoms with Gasteiger partial charge in [0, 0.05) is 9.75 Å². The molecule has 0 saturated carbocycles. The molecule has 2 rings (SSSR count). The lowest BCUT2D eigenvalue weighted by atomic mass is 10.3. The van der Waals surface area contributed by atoms with Crippen molar-refractivity contribution in [1.29, 1.82) is 0 Å². The van der Waals surface area contributed by atoms with Gasteiger partial charge in [-0.25, -0.2) is 0 Å². The number of rotatable bonds is 6. The quantitative estimate of drug-likeness (QED) is 0.831. The summed E-state index contributed by atoms with van der Waals surface area (Å²) in [5, 5.41) is 6.54. The van der Waals surface area contributed by atoms with Crippen molar-refractivity contribution >= 4 is 34.6 Å². The first-order chi connectivity index (χ1) is 9.24. The Kier molecular flexibility index (Phi) is 5.11. The maximum atomic E-state index is 11.5. The molecular formula is C13H13NO3S2. The Morgan fingerprint density at radius 2 is 1.79 bits per heavy atom. The van der Waals surface area contributed by atoms with Gasteiger partial charge >= 0.3 is 5.97 Å². The zero-order chi connectivity index (χ0) is 13.5. The molecule has 4 nitrogen and oxygen atoms in total. The lowest BCUT2D eigenvalue weighted by molar-refractivity contribution is -0.147. The van der Waals surface area contributed by atoms with Gasteiger partial charge in [0.05, 0.1) is 13.0 Å². The second-order valence-corrected chi connectivity index (χ2v) is 5.84. The number of hydrogen-bond donors (Lipinski definition) is 1. The van der Waals surface area contributed by atoms with E-state index >= 15 is 0 Å². The van der Waals surface area contributed by atoms with Crippen molar-refractivity contribution in [3.63, 3.8) is 0 Å². The van der Waals surface area contributed by atoms with Gasteiger partial charge in [0.25, 0.3) is 5.91 Å². The third-order valence-corrected chi connectivity index (χ3v) is 4.06. The maximum Gasteiger partial charge on any atom is 0.311 e. The zero-order valence-electron chi connectivity index (χ0n) is 10.1. The summed E-state index contributed by atoms with van der Waals surface area (Å²) in [5.74, 6) is -0.665. The van der Waals surface area contributed by atoms with Crippen LogP contribution in [0.15, 0.2) is 35.0 Å². The molecule has 0 aliphatic rings. The summed E-state index contributed by atoms with van der Waals surface area (Å²) < 4.78 is 4.91. The Balaban J connectivity index is 1.64. The molecule has 0 unspecified atom stereocenters. The fraction of sp³-hybridized carbons (Fsp3) is 0.231. The summed E-state index contributed by atoms with van der Waals surface area (Å²) >= 11 is 3.06. The summed E-state index contributed by atoms with van der Waals surface area (Å²) in [7, 11) is 0. The van der Waals surface area contributed by atoms with Gasteiger partial charge in [-0.1, -0.05) is 12.1 Å². The summed E-state index contributed by atoms with van der Waals surface area (Å²) in [6.07, 6.45) is 0.218. The van der Waals surface area contributed by atoms with Crippen LogP contribution in [0, 0.1) is 0 Å². The summed E-state index contributed by atoms with van der Waals surface area (Å²) in [5.41, 5.74) is 0. The molecule has 0 radical (unpaired) electrons. The van der Waals surface area contributed by atoms with Crippen LogP contribution in [-0.4, -0.2) is 18.5 Å². The number of thiophene rings is 2. The molecule has 2 heterocycles. The number of esters is 1. The van der Waals surface area contributed by atoms with Crippen LogP contribution < -0.4 is 5.32 Å². The molecule has 6 heteroatoms. The molecule has 0 aliphatic carbocycles. The van der Waals surface area contributed by atoms with E-state index in [9.17, 15) is 9.59 Å². The van der Waals surface area contributed by atoms with Crippen molar-refractivity contribution in [2.45, 2.75) is 13.0 Å². The van der Waals surface area contributed by atoms with Crippen LogP contribution in [0.5, 0.6) is 0 Å². The van der Waals surface area contributed by atoms with E-state index < -0.39 is 0 Å². The number of amides is 1. The molecule has 0 bridgehead atoms. The Bertz CT molecular complexity index is 520. The van der Waals surface area contributed by atoms with Crippen molar-refractivity contribution in [3.8, 4) is 0 Å². The predicted octanol–water partition coefficient (Wildman–Crippen LogP) is 2.21. The average Bonchev–Trinajstić information content (AvgIpc) is 3.06. The van der Waals surface area contributed by atoms with Gasteiger partial charge in [-0.05, 0) is 22.9 Å². The van der Waals surface area contributed by atoms with Gasteiger partial charge in [-0.3, -0.25) is 9.59 Å². The fourth-order valence-electron chi connectivity index (χ4n) is 1.40. The van der Waals surface area contributed by atoms with Crippen molar-refractivity contribution < 1.29 is 14.3 Å². The highest BCUT2D eigenvalue weighted by Crippen LogP contribution is 2.09. The molecule has 2 aromatic heterocycles. The molecule has 19 heavy (non-hydrogen) atoms. The molecule has 1 N–H and O–H groups in total. The second kappa shape index (κ2) is 7.06. The van der Waals surface area contributed by atoms with E-state index in [1.807, 2.05) is 35.0 Å². The Morgan fingerprint density at radius 1 is 1.11 bits per heavy atom. The number of carbonyl (C=O) groups excluding carboxylic acids is 2. The number of ether oxygens (including phenoxy) is 1. The van der Waals surface area contributed by atoms with E-state index in [1.54, 1.807) is 11.3 Å².